The molecule has 2 nitrogen and oxygen atoms in total. The van der Waals surface area contributed by atoms with E-state index in [0.717, 1.165) is 6.42 Å². The van der Waals surface area contributed by atoms with Gasteiger partial charge in [0, 0.05) is 0 Å². The zero-order chi connectivity index (χ0) is 10.8. The van der Waals surface area contributed by atoms with E-state index in [1.54, 1.807) is 0 Å². The van der Waals surface area contributed by atoms with Gasteiger partial charge in [-0.2, -0.15) is 10.5 Å². The van der Waals surface area contributed by atoms with Crippen LogP contribution in [-0.2, 0) is 6.42 Å². The maximum atomic E-state index is 7.26. The van der Waals surface area contributed by atoms with Crippen LogP contribution in [0.4, 0.5) is 0 Å². The average molecular weight is 184 g/mol. The molecule has 0 unspecified atom stereocenters. The molecule has 0 saturated heterocycles. The normalized spacial score (nSPS) is 7.36. The molecule has 0 aliphatic heterocycles. The average Bonchev–Trinajstić information content (AvgIpc) is 2.19. The minimum absolute atomic E-state index is 1.00. The fourth-order valence-corrected chi connectivity index (χ4v) is 0.944. The van der Waals surface area contributed by atoms with Crippen molar-refractivity contribution in [2.24, 2.45) is 0 Å². The highest BCUT2D eigenvalue weighted by Crippen LogP contribution is 2.04. The second kappa shape index (κ2) is 7.58. The van der Waals surface area contributed by atoms with Gasteiger partial charge in [-0.1, -0.05) is 42.5 Å². The lowest BCUT2D eigenvalue weighted by Gasteiger charge is -1.97. The Kier molecular flexibility index (Phi) is 6.47. The van der Waals surface area contributed by atoms with E-state index < -0.39 is 0 Å². The molecular formula is C12H12N2. The van der Waals surface area contributed by atoms with Crippen LogP contribution >= 0.6 is 0 Å². The molecule has 0 fully saturated rings. The van der Waals surface area contributed by atoms with Crippen LogP contribution in [0.2, 0.25) is 0 Å². The summed E-state index contributed by atoms with van der Waals surface area (Å²) in [7, 11) is 0. The fraction of sp³-hybridized carbons (Fsp3) is 0.167. The lowest BCUT2D eigenvalue weighted by atomic mass is 10.1. The molecule has 70 valence electrons. The molecule has 0 aromatic heterocycles. The third-order valence-electron chi connectivity index (χ3n) is 1.40. The standard InChI is InChI=1S/C10H12.C2N2/c1-9(2)8-10-6-4-3-5-7-10;3-1-2-4/h3-7H,1,8H2,2H3;. The molecule has 0 bridgehead atoms. The number of hydrogen-bond donors (Lipinski definition) is 0. The minimum atomic E-state index is 1.00. The molecule has 1 aromatic carbocycles. The second-order valence-corrected chi connectivity index (χ2v) is 2.84. The van der Waals surface area contributed by atoms with E-state index in [-0.39, 0.29) is 0 Å². The highest BCUT2D eigenvalue weighted by molar-refractivity contribution is 5.19. The molecule has 0 spiro atoms. The van der Waals surface area contributed by atoms with Crippen molar-refractivity contribution in [2.75, 3.05) is 0 Å². The van der Waals surface area contributed by atoms with E-state index >= 15 is 0 Å². The van der Waals surface area contributed by atoms with E-state index in [4.69, 9.17) is 10.5 Å². The number of rotatable bonds is 2. The van der Waals surface area contributed by atoms with E-state index in [9.17, 15) is 0 Å². The Balaban J connectivity index is 0.000000364. The van der Waals surface area contributed by atoms with Crippen molar-refractivity contribution in [2.45, 2.75) is 13.3 Å². The third-order valence-corrected chi connectivity index (χ3v) is 1.40. The molecule has 0 heterocycles. The minimum Gasteiger partial charge on any atom is -0.181 e. The summed E-state index contributed by atoms with van der Waals surface area (Å²) in [5.41, 5.74) is 2.56. The van der Waals surface area contributed by atoms with Gasteiger partial charge in [-0.25, -0.2) is 0 Å². The van der Waals surface area contributed by atoms with Crippen molar-refractivity contribution in [1.82, 2.24) is 0 Å². The second-order valence-electron chi connectivity index (χ2n) is 2.84. The first-order valence-corrected chi connectivity index (χ1v) is 4.17. The number of benzene rings is 1. The molecule has 0 saturated carbocycles. The molecule has 2 heteroatoms. The maximum Gasteiger partial charge on any atom is 0.181 e. The SMILES string of the molecule is C=C(C)Cc1ccccc1.N#CC#N. The summed E-state index contributed by atoms with van der Waals surface area (Å²) in [6.07, 6.45) is 1.00. The number of hydrogen-bond acceptors (Lipinski definition) is 2. The first-order chi connectivity index (χ1) is 6.70. The van der Waals surface area contributed by atoms with Crippen molar-refractivity contribution in [3.63, 3.8) is 0 Å². The zero-order valence-corrected chi connectivity index (χ0v) is 8.20. The fourth-order valence-electron chi connectivity index (χ4n) is 0.944. The molecule has 0 aliphatic carbocycles. The van der Waals surface area contributed by atoms with Crippen LogP contribution in [0.1, 0.15) is 12.5 Å². The van der Waals surface area contributed by atoms with Gasteiger partial charge in [-0.3, -0.25) is 0 Å². The lowest BCUT2D eigenvalue weighted by molar-refractivity contribution is 1.15. The van der Waals surface area contributed by atoms with Crippen LogP contribution in [0, 0.1) is 22.7 Å². The van der Waals surface area contributed by atoms with Crippen molar-refractivity contribution in [1.29, 1.82) is 10.5 Å². The van der Waals surface area contributed by atoms with Gasteiger partial charge in [-0.15, -0.1) is 0 Å². The quantitative estimate of drug-likeness (QED) is 0.663. The van der Waals surface area contributed by atoms with Crippen LogP contribution in [0.15, 0.2) is 42.5 Å². The van der Waals surface area contributed by atoms with Crippen molar-refractivity contribution in [3.8, 4) is 12.1 Å². The first-order valence-electron chi connectivity index (χ1n) is 4.17. The summed E-state index contributed by atoms with van der Waals surface area (Å²) in [6, 6.07) is 12.8. The number of allylic oxidation sites excluding steroid dienone is 1. The van der Waals surface area contributed by atoms with Crippen molar-refractivity contribution >= 4 is 0 Å². The Morgan fingerprint density at radius 3 is 2.07 bits per heavy atom. The van der Waals surface area contributed by atoms with Gasteiger partial charge in [0.1, 0.15) is 0 Å². The summed E-state index contributed by atoms with van der Waals surface area (Å²) in [6.45, 7) is 5.90. The zero-order valence-electron chi connectivity index (χ0n) is 8.20. The van der Waals surface area contributed by atoms with Crippen molar-refractivity contribution in [3.05, 3.63) is 48.0 Å². The number of nitriles is 2. The monoisotopic (exact) mass is 184 g/mol. The van der Waals surface area contributed by atoms with Gasteiger partial charge in [0.05, 0.1) is 0 Å². The van der Waals surface area contributed by atoms with Crippen LogP contribution in [-0.4, -0.2) is 0 Å². The van der Waals surface area contributed by atoms with Gasteiger partial charge in [0.15, 0.2) is 12.1 Å². The Hall–Kier alpha value is -2.06. The molecule has 14 heavy (non-hydrogen) atoms. The van der Waals surface area contributed by atoms with E-state index in [1.807, 2.05) is 13.0 Å². The van der Waals surface area contributed by atoms with E-state index in [1.165, 1.54) is 23.3 Å². The molecule has 0 radical (unpaired) electrons. The highest BCUT2D eigenvalue weighted by atomic mass is 14.3. The topological polar surface area (TPSA) is 47.6 Å². The Morgan fingerprint density at radius 1 is 1.21 bits per heavy atom. The Bertz CT molecular complexity index is 340. The third kappa shape index (κ3) is 6.64. The van der Waals surface area contributed by atoms with Crippen LogP contribution in [0.5, 0.6) is 0 Å². The van der Waals surface area contributed by atoms with Gasteiger partial charge >= 0.3 is 0 Å². The van der Waals surface area contributed by atoms with Gasteiger partial charge in [0.2, 0.25) is 0 Å². The predicted octanol–water partition coefficient (Wildman–Crippen LogP) is 2.84. The van der Waals surface area contributed by atoms with Crippen LogP contribution in [0.25, 0.3) is 0 Å². The summed E-state index contributed by atoms with van der Waals surface area (Å²) in [5.74, 6) is 0. The molecule has 0 N–H and O–H groups in total. The first kappa shape index (κ1) is 11.9. The predicted molar refractivity (Wildman–Crippen MR) is 56.2 cm³/mol. The molecule has 1 rings (SSSR count). The van der Waals surface area contributed by atoms with Gasteiger partial charge < -0.3 is 0 Å². The molecule has 0 atom stereocenters. The molecule has 0 aliphatic rings. The largest absolute Gasteiger partial charge is 0.181 e. The Morgan fingerprint density at radius 2 is 1.71 bits per heavy atom. The molecule has 0 amide bonds. The Labute approximate surface area is 84.7 Å². The summed E-state index contributed by atoms with van der Waals surface area (Å²) in [4.78, 5) is 0. The summed E-state index contributed by atoms with van der Waals surface area (Å²) in [5, 5.41) is 14.5. The lowest BCUT2D eigenvalue weighted by Crippen LogP contribution is -1.82. The molecular weight excluding hydrogens is 172 g/mol. The van der Waals surface area contributed by atoms with Gasteiger partial charge in [-0.05, 0) is 18.9 Å². The maximum absolute atomic E-state index is 7.26. The van der Waals surface area contributed by atoms with Gasteiger partial charge in [0.25, 0.3) is 0 Å². The van der Waals surface area contributed by atoms with E-state index in [0.29, 0.717) is 0 Å². The highest BCUT2D eigenvalue weighted by Gasteiger charge is 1.88. The summed E-state index contributed by atoms with van der Waals surface area (Å²) >= 11 is 0. The van der Waals surface area contributed by atoms with Crippen LogP contribution in [0.3, 0.4) is 0 Å². The van der Waals surface area contributed by atoms with Crippen molar-refractivity contribution < 1.29 is 0 Å². The summed E-state index contributed by atoms with van der Waals surface area (Å²) < 4.78 is 0. The molecule has 1 aromatic rings. The number of nitrogens with zero attached hydrogens (tertiary/aromatic N) is 2. The van der Waals surface area contributed by atoms with Crippen LogP contribution < -0.4 is 0 Å². The van der Waals surface area contributed by atoms with E-state index in [2.05, 4.69) is 30.8 Å². The smallest absolute Gasteiger partial charge is 0.181 e.